The van der Waals surface area contributed by atoms with Crippen LogP contribution in [0.15, 0.2) is 24.4 Å². The van der Waals surface area contributed by atoms with Crippen LogP contribution >= 0.6 is 0 Å². The number of anilines is 3. The van der Waals surface area contributed by atoms with Gasteiger partial charge in [-0.3, -0.25) is 9.48 Å². The number of benzene rings is 1. The number of nitrogen functional groups attached to an aromatic ring is 1. The first-order valence-corrected chi connectivity index (χ1v) is 6.56. The van der Waals surface area contributed by atoms with Crippen LogP contribution in [-0.2, 0) is 24.8 Å². The molecular formula is C14H17N5O. The standard InChI is InChI=1S/C14H17N5O/c1-19-10(4-5-17-19)8-16-13-6-9-2-3-14(20)18-12(9)7-11(13)15/h4-7,16H,2-3,8,15H2,1H3,(H,18,20). The van der Waals surface area contributed by atoms with Crippen molar-refractivity contribution in [1.82, 2.24) is 9.78 Å². The van der Waals surface area contributed by atoms with Crippen molar-refractivity contribution in [1.29, 1.82) is 0 Å². The minimum absolute atomic E-state index is 0.0486. The third-order valence-corrected chi connectivity index (χ3v) is 3.55. The maximum absolute atomic E-state index is 11.4. The second-order valence-corrected chi connectivity index (χ2v) is 4.94. The Kier molecular flexibility index (Phi) is 3.06. The number of aromatic nitrogens is 2. The van der Waals surface area contributed by atoms with Crippen LogP contribution in [0.25, 0.3) is 0 Å². The third kappa shape index (κ3) is 2.32. The van der Waals surface area contributed by atoms with Crippen molar-refractivity contribution in [2.75, 3.05) is 16.4 Å². The number of hydrogen-bond donors (Lipinski definition) is 3. The summed E-state index contributed by atoms with van der Waals surface area (Å²) in [4.78, 5) is 11.4. The molecule has 0 saturated heterocycles. The number of rotatable bonds is 3. The highest BCUT2D eigenvalue weighted by Gasteiger charge is 2.16. The van der Waals surface area contributed by atoms with Gasteiger partial charge in [0.15, 0.2) is 0 Å². The molecule has 4 N–H and O–H groups in total. The van der Waals surface area contributed by atoms with Crippen LogP contribution in [-0.4, -0.2) is 15.7 Å². The lowest BCUT2D eigenvalue weighted by Gasteiger charge is -2.19. The normalized spacial score (nSPS) is 13.8. The Balaban J connectivity index is 1.80. The van der Waals surface area contributed by atoms with E-state index in [1.54, 1.807) is 6.20 Å². The van der Waals surface area contributed by atoms with Gasteiger partial charge in [0.05, 0.1) is 23.6 Å². The molecule has 1 aromatic carbocycles. The molecule has 0 fully saturated rings. The van der Waals surface area contributed by atoms with E-state index >= 15 is 0 Å². The summed E-state index contributed by atoms with van der Waals surface area (Å²) in [6, 6.07) is 5.79. The van der Waals surface area contributed by atoms with Crippen LogP contribution in [0.1, 0.15) is 17.7 Å². The maximum atomic E-state index is 11.4. The third-order valence-electron chi connectivity index (χ3n) is 3.55. The summed E-state index contributed by atoms with van der Waals surface area (Å²) < 4.78 is 1.82. The van der Waals surface area contributed by atoms with Crippen molar-refractivity contribution >= 4 is 23.0 Å². The molecule has 2 aromatic rings. The molecule has 20 heavy (non-hydrogen) atoms. The van der Waals surface area contributed by atoms with Gasteiger partial charge in [-0.2, -0.15) is 5.10 Å². The summed E-state index contributed by atoms with van der Waals surface area (Å²) in [6.45, 7) is 0.659. The average molecular weight is 271 g/mol. The first-order chi connectivity index (χ1) is 9.63. The summed E-state index contributed by atoms with van der Waals surface area (Å²) in [5, 5.41) is 10.3. The van der Waals surface area contributed by atoms with Gasteiger partial charge in [0.25, 0.3) is 0 Å². The van der Waals surface area contributed by atoms with E-state index in [2.05, 4.69) is 15.7 Å². The van der Waals surface area contributed by atoms with E-state index in [0.29, 0.717) is 18.7 Å². The number of nitrogens with zero attached hydrogens (tertiary/aromatic N) is 2. The quantitative estimate of drug-likeness (QED) is 0.738. The Bertz CT molecular complexity index is 662. The molecule has 0 aliphatic carbocycles. The first-order valence-electron chi connectivity index (χ1n) is 6.56. The number of hydrogen-bond acceptors (Lipinski definition) is 4. The van der Waals surface area contributed by atoms with Gasteiger partial charge in [-0.1, -0.05) is 0 Å². The van der Waals surface area contributed by atoms with Gasteiger partial charge in [-0.25, -0.2) is 0 Å². The summed E-state index contributed by atoms with van der Waals surface area (Å²) in [6.07, 6.45) is 3.04. The SMILES string of the molecule is Cn1nccc1CNc1cc2c(cc1N)NC(=O)CC2. The molecule has 3 rings (SSSR count). The maximum Gasteiger partial charge on any atom is 0.224 e. The highest BCUT2D eigenvalue weighted by atomic mass is 16.1. The number of amides is 1. The van der Waals surface area contributed by atoms with Crippen LogP contribution in [0.5, 0.6) is 0 Å². The first kappa shape index (κ1) is 12.5. The van der Waals surface area contributed by atoms with Crippen LogP contribution < -0.4 is 16.4 Å². The van der Waals surface area contributed by atoms with E-state index in [-0.39, 0.29) is 5.91 Å². The monoisotopic (exact) mass is 271 g/mol. The van der Waals surface area contributed by atoms with E-state index in [1.165, 1.54) is 0 Å². The summed E-state index contributed by atoms with van der Waals surface area (Å²) in [5.41, 5.74) is 10.6. The van der Waals surface area contributed by atoms with Gasteiger partial charge in [0.2, 0.25) is 5.91 Å². The number of aryl methyl sites for hydroxylation is 2. The molecule has 0 radical (unpaired) electrons. The zero-order valence-corrected chi connectivity index (χ0v) is 11.3. The molecule has 104 valence electrons. The molecule has 0 unspecified atom stereocenters. The molecule has 1 aromatic heterocycles. The molecule has 6 nitrogen and oxygen atoms in total. The minimum Gasteiger partial charge on any atom is -0.397 e. The van der Waals surface area contributed by atoms with E-state index in [0.717, 1.165) is 29.1 Å². The fraction of sp³-hybridized carbons (Fsp3) is 0.286. The Morgan fingerprint density at radius 2 is 2.30 bits per heavy atom. The van der Waals surface area contributed by atoms with Crippen LogP contribution in [0, 0.1) is 0 Å². The molecule has 1 aliphatic rings. The van der Waals surface area contributed by atoms with Gasteiger partial charge in [-0.05, 0) is 30.2 Å². The molecule has 1 aliphatic heterocycles. The van der Waals surface area contributed by atoms with Crippen molar-refractivity contribution in [3.63, 3.8) is 0 Å². The Labute approximate surface area is 117 Å². The average Bonchev–Trinajstić information content (AvgIpc) is 2.82. The predicted octanol–water partition coefficient (Wildman–Crippen LogP) is 1.50. The van der Waals surface area contributed by atoms with E-state index < -0.39 is 0 Å². The number of nitrogens with one attached hydrogen (secondary N) is 2. The van der Waals surface area contributed by atoms with Gasteiger partial charge >= 0.3 is 0 Å². The van der Waals surface area contributed by atoms with Crippen molar-refractivity contribution in [3.05, 3.63) is 35.7 Å². The number of carbonyl (C=O) groups is 1. The highest BCUT2D eigenvalue weighted by Crippen LogP contribution is 2.31. The van der Waals surface area contributed by atoms with Crippen molar-refractivity contribution in [2.24, 2.45) is 7.05 Å². The smallest absolute Gasteiger partial charge is 0.224 e. The topological polar surface area (TPSA) is 85.0 Å². The van der Waals surface area contributed by atoms with Crippen molar-refractivity contribution < 1.29 is 4.79 Å². The molecule has 0 atom stereocenters. The Morgan fingerprint density at radius 3 is 3.05 bits per heavy atom. The summed E-state index contributed by atoms with van der Waals surface area (Å²) >= 11 is 0. The van der Waals surface area contributed by atoms with E-state index in [4.69, 9.17) is 5.73 Å². The largest absolute Gasteiger partial charge is 0.397 e. The molecule has 0 saturated carbocycles. The molecule has 1 amide bonds. The van der Waals surface area contributed by atoms with Crippen LogP contribution in [0.4, 0.5) is 17.1 Å². The minimum atomic E-state index is 0.0486. The van der Waals surface area contributed by atoms with Gasteiger partial charge < -0.3 is 16.4 Å². The van der Waals surface area contributed by atoms with E-state index in [1.807, 2.05) is 29.9 Å². The van der Waals surface area contributed by atoms with E-state index in [9.17, 15) is 4.79 Å². The van der Waals surface area contributed by atoms with Gasteiger partial charge in [0.1, 0.15) is 0 Å². The van der Waals surface area contributed by atoms with Gasteiger partial charge in [-0.15, -0.1) is 0 Å². The number of carbonyl (C=O) groups excluding carboxylic acids is 1. The second-order valence-electron chi connectivity index (χ2n) is 4.94. The molecule has 6 heteroatoms. The predicted molar refractivity (Wildman–Crippen MR) is 78.3 cm³/mol. The fourth-order valence-electron chi connectivity index (χ4n) is 2.36. The zero-order valence-electron chi connectivity index (χ0n) is 11.3. The lowest BCUT2D eigenvalue weighted by atomic mass is 10.0. The molecule has 0 spiro atoms. The Hall–Kier alpha value is -2.50. The molecule has 2 heterocycles. The molecule has 0 bridgehead atoms. The lowest BCUT2D eigenvalue weighted by molar-refractivity contribution is -0.116. The van der Waals surface area contributed by atoms with Gasteiger partial charge in [0, 0.05) is 25.4 Å². The lowest BCUT2D eigenvalue weighted by Crippen LogP contribution is -2.19. The van der Waals surface area contributed by atoms with Crippen molar-refractivity contribution in [3.8, 4) is 0 Å². The van der Waals surface area contributed by atoms with Crippen molar-refractivity contribution in [2.45, 2.75) is 19.4 Å². The summed E-state index contributed by atoms with van der Waals surface area (Å²) in [7, 11) is 1.91. The number of nitrogens with two attached hydrogens (primary N) is 1. The van der Waals surface area contributed by atoms with Crippen LogP contribution in [0.2, 0.25) is 0 Å². The second kappa shape index (κ2) is 4.88. The zero-order chi connectivity index (χ0) is 14.1. The molecular weight excluding hydrogens is 254 g/mol. The summed E-state index contributed by atoms with van der Waals surface area (Å²) in [5.74, 6) is 0.0486. The number of fused-ring (bicyclic) bond motifs is 1. The fourth-order valence-corrected chi connectivity index (χ4v) is 2.36. The van der Waals surface area contributed by atoms with Crippen LogP contribution in [0.3, 0.4) is 0 Å². The Morgan fingerprint density at radius 1 is 1.45 bits per heavy atom. The highest BCUT2D eigenvalue weighted by molar-refractivity contribution is 5.95.